The maximum Gasteiger partial charge on any atom is 0.244 e. The highest BCUT2D eigenvalue weighted by Crippen LogP contribution is 2.32. The second kappa shape index (κ2) is 5.75. The normalized spacial score (nSPS) is 19.5. The maximum atomic E-state index is 8.62. The Morgan fingerprint density at radius 1 is 1.18 bits per heavy atom. The summed E-state index contributed by atoms with van der Waals surface area (Å²) in [5.74, 6) is 1.60. The number of nitrogens with one attached hydrogen (secondary N) is 1. The number of aromatic nitrogens is 2. The van der Waals surface area contributed by atoms with Crippen LogP contribution >= 0.6 is 0 Å². The highest BCUT2D eigenvalue weighted by atomic mass is 16.4. The zero-order chi connectivity index (χ0) is 15.7. The Balaban J connectivity index is 2.03. The molecule has 1 N–H and O–H groups in total. The van der Waals surface area contributed by atoms with Gasteiger partial charge in [-0.1, -0.05) is 18.2 Å². The standard InChI is InChI=1S/C17H20N4O/c1-11-9-10-15(17-20-19-13(3)22-17)12(2)16(18)21(11)14-7-5-4-6-8-14/h4-8,11,18H,9-10H2,1-3H3. The third-order valence-electron chi connectivity index (χ3n) is 4.12. The van der Waals surface area contributed by atoms with E-state index in [4.69, 9.17) is 9.83 Å². The van der Waals surface area contributed by atoms with Gasteiger partial charge >= 0.3 is 0 Å². The van der Waals surface area contributed by atoms with Crippen LogP contribution in [0.4, 0.5) is 5.69 Å². The van der Waals surface area contributed by atoms with Gasteiger partial charge in [0.25, 0.3) is 0 Å². The predicted molar refractivity (Wildman–Crippen MR) is 87.0 cm³/mol. The number of hydrogen-bond acceptors (Lipinski definition) is 4. The summed E-state index contributed by atoms with van der Waals surface area (Å²) in [6.07, 6.45) is 1.77. The fourth-order valence-corrected chi connectivity index (χ4v) is 2.87. The summed E-state index contributed by atoms with van der Waals surface area (Å²) < 4.78 is 5.58. The van der Waals surface area contributed by atoms with Crippen LogP contribution in [-0.4, -0.2) is 22.1 Å². The zero-order valence-corrected chi connectivity index (χ0v) is 13.1. The van der Waals surface area contributed by atoms with Gasteiger partial charge in [-0.3, -0.25) is 5.41 Å². The second-order valence-electron chi connectivity index (χ2n) is 5.67. The van der Waals surface area contributed by atoms with Crippen LogP contribution in [0, 0.1) is 12.3 Å². The number of nitrogens with zero attached hydrogens (tertiary/aromatic N) is 3. The summed E-state index contributed by atoms with van der Waals surface area (Å²) in [6, 6.07) is 10.3. The van der Waals surface area contributed by atoms with E-state index in [1.807, 2.05) is 37.3 Å². The first-order chi connectivity index (χ1) is 10.6. The molecule has 1 unspecified atom stereocenters. The highest BCUT2D eigenvalue weighted by Gasteiger charge is 2.28. The summed E-state index contributed by atoms with van der Waals surface area (Å²) in [7, 11) is 0. The van der Waals surface area contributed by atoms with Gasteiger partial charge in [0.15, 0.2) is 0 Å². The lowest BCUT2D eigenvalue weighted by atomic mass is 10.0. The van der Waals surface area contributed by atoms with Crippen molar-refractivity contribution in [2.45, 2.75) is 39.7 Å². The largest absolute Gasteiger partial charge is 0.421 e. The minimum atomic E-state index is 0.242. The van der Waals surface area contributed by atoms with Gasteiger partial charge in [0.05, 0.1) is 0 Å². The van der Waals surface area contributed by atoms with Crippen molar-refractivity contribution in [2.24, 2.45) is 0 Å². The highest BCUT2D eigenvalue weighted by molar-refractivity contribution is 6.12. The van der Waals surface area contributed by atoms with Crippen LogP contribution in [0.1, 0.15) is 38.5 Å². The van der Waals surface area contributed by atoms with E-state index in [-0.39, 0.29) is 6.04 Å². The molecule has 5 heteroatoms. The van der Waals surface area contributed by atoms with E-state index in [2.05, 4.69) is 22.0 Å². The van der Waals surface area contributed by atoms with Gasteiger partial charge in [0.2, 0.25) is 11.8 Å². The van der Waals surface area contributed by atoms with Crippen LogP contribution < -0.4 is 4.90 Å². The van der Waals surface area contributed by atoms with Crippen LogP contribution in [0.15, 0.2) is 40.3 Å². The molecule has 0 saturated carbocycles. The lowest BCUT2D eigenvalue weighted by Crippen LogP contribution is -2.37. The summed E-state index contributed by atoms with van der Waals surface area (Å²) in [5, 5.41) is 16.7. The lowest BCUT2D eigenvalue weighted by Gasteiger charge is -2.30. The second-order valence-corrected chi connectivity index (χ2v) is 5.67. The van der Waals surface area contributed by atoms with Crippen molar-refractivity contribution in [3.05, 3.63) is 47.7 Å². The Morgan fingerprint density at radius 3 is 2.55 bits per heavy atom. The van der Waals surface area contributed by atoms with E-state index in [0.29, 0.717) is 17.6 Å². The molecule has 3 rings (SSSR count). The van der Waals surface area contributed by atoms with Gasteiger partial charge in [-0.05, 0) is 44.4 Å². The van der Waals surface area contributed by atoms with E-state index < -0.39 is 0 Å². The van der Waals surface area contributed by atoms with E-state index >= 15 is 0 Å². The molecule has 1 aliphatic rings. The SMILES string of the molecule is CC1=C(c2nnc(C)o2)CCC(C)N(c2ccccc2)C1=N. The molecule has 1 aromatic carbocycles. The maximum absolute atomic E-state index is 8.62. The number of anilines is 1. The average molecular weight is 296 g/mol. The third-order valence-corrected chi connectivity index (χ3v) is 4.12. The van der Waals surface area contributed by atoms with Crippen molar-refractivity contribution in [3.8, 4) is 0 Å². The Bertz CT molecular complexity index is 717. The molecule has 0 spiro atoms. The van der Waals surface area contributed by atoms with E-state index in [9.17, 15) is 0 Å². The topological polar surface area (TPSA) is 66.0 Å². The van der Waals surface area contributed by atoms with Crippen molar-refractivity contribution in [3.63, 3.8) is 0 Å². The predicted octanol–water partition coefficient (Wildman–Crippen LogP) is 3.82. The van der Waals surface area contributed by atoms with Crippen molar-refractivity contribution in [1.82, 2.24) is 10.2 Å². The van der Waals surface area contributed by atoms with Crippen molar-refractivity contribution < 1.29 is 4.42 Å². The first-order valence-electron chi connectivity index (χ1n) is 7.51. The first kappa shape index (κ1) is 14.5. The smallest absolute Gasteiger partial charge is 0.244 e. The Labute approximate surface area is 130 Å². The van der Waals surface area contributed by atoms with Crippen LogP contribution in [0.25, 0.3) is 5.57 Å². The molecular formula is C17H20N4O. The monoisotopic (exact) mass is 296 g/mol. The molecular weight excluding hydrogens is 276 g/mol. The quantitative estimate of drug-likeness (QED) is 0.915. The average Bonchev–Trinajstić information content (AvgIpc) is 2.90. The van der Waals surface area contributed by atoms with E-state index in [1.165, 1.54) is 0 Å². The Morgan fingerprint density at radius 2 is 1.91 bits per heavy atom. The van der Waals surface area contributed by atoms with Crippen LogP contribution in [0.2, 0.25) is 0 Å². The molecule has 22 heavy (non-hydrogen) atoms. The van der Waals surface area contributed by atoms with Gasteiger partial charge in [-0.25, -0.2) is 0 Å². The fraction of sp³-hybridized carbons (Fsp3) is 0.353. The van der Waals surface area contributed by atoms with Crippen molar-refractivity contribution in [1.29, 1.82) is 5.41 Å². The van der Waals surface area contributed by atoms with Crippen LogP contribution in [-0.2, 0) is 0 Å². The van der Waals surface area contributed by atoms with Gasteiger partial charge < -0.3 is 9.32 Å². The molecule has 1 atom stereocenters. The molecule has 0 saturated heterocycles. The van der Waals surface area contributed by atoms with Crippen LogP contribution in [0.5, 0.6) is 0 Å². The molecule has 1 aliphatic heterocycles. The molecule has 1 aromatic heterocycles. The summed E-state index contributed by atoms with van der Waals surface area (Å²) >= 11 is 0. The zero-order valence-electron chi connectivity index (χ0n) is 13.1. The fourth-order valence-electron chi connectivity index (χ4n) is 2.87. The first-order valence-corrected chi connectivity index (χ1v) is 7.51. The van der Waals surface area contributed by atoms with Crippen molar-refractivity contribution >= 4 is 17.1 Å². The number of amidine groups is 1. The number of allylic oxidation sites excluding steroid dienone is 1. The number of aryl methyl sites for hydroxylation is 1. The van der Waals surface area contributed by atoms with Gasteiger partial charge in [-0.2, -0.15) is 0 Å². The molecule has 2 aromatic rings. The van der Waals surface area contributed by atoms with Crippen molar-refractivity contribution in [2.75, 3.05) is 4.90 Å². The van der Waals surface area contributed by atoms with Gasteiger partial charge in [0, 0.05) is 24.2 Å². The van der Waals surface area contributed by atoms with E-state index in [0.717, 1.165) is 29.7 Å². The molecule has 0 aliphatic carbocycles. The molecule has 0 radical (unpaired) electrons. The number of rotatable bonds is 2. The van der Waals surface area contributed by atoms with E-state index in [1.54, 1.807) is 6.92 Å². The summed E-state index contributed by atoms with van der Waals surface area (Å²) in [5.41, 5.74) is 2.93. The Kier molecular flexibility index (Phi) is 3.79. The molecule has 5 nitrogen and oxygen atoms in total. The molecule has 0 bridgehead atoms. The molecule has 0 amide bonds. The lowest BCUT2D eigenvalue weighted by molar-refractivity contribution is 0.502. The van der Waals surface area contributed by atoms with Crippen LogP contribution in [0.3, 0.4) is 0 Å². The molecule has 114 valence electrons. The summed E-state index contributed by atoms with van der Waals surface area (Å²) in [4.78, 5) is 2.07. The third kappa shape index (κ3) is 2.54. The van der Waals surface area contributed by atoms with Gasteiger partial charge in [0.1, 0.15) is 5.84 Å². The molecule has 2 heterocycles. The number of benzene rings is 1. The number of para-hydroxylation sites is 1. The molecule has 0 fully saturated rings. The number of hydrogen-bond donors (Lipinski definition) is 1. The summed E-state index contributed by atoms with van der Waals surface area (Å²) in [6.45, 7) is 5.90. The minimum Gasteiger partial charge on any atom is -0.421 e. The Hall–Kier alpha value is -2.43. The van der Waals surface area contributed by atoms with Gasteiger partial charge in [-0.15, -0.1) is 10.2 Å². The minimum absolute atomic E-state index is 0.242.